The molecule has 2 aliphatic heterocycles. The lowest BCUT2D eigenvalue weighted by atomic mass is 9.62. The molecule has 0 unspecified atom stereocenters. The van der Waals surface area contributed by atoms with Crippen molar-refractivity contribution in [3.05, 3.63) is 46.9 Å². The number of hydrogen-bond donors (Lipinski definition) is 1. The number of aromatic nitrogens is 1. The third-order valence-electron chi connectivity index (χ3n) is 7.20. The summed E-state index contributed by atoms with van der Waals surface area (Å²) in [6.45, 7) is 5.60. The number of pyridine rings is 1. The molecule has 2 atom stereocenters. The van der Waals surface area contributed by atoms with Gasteiger partial charge in [0.1, 0.15) is 16.7 Å². The van der Waals surface area contributed by atoms with Crippen molar-refractivity contribution in [1.82, 2.24) is 9.88 Å². The van der Waals surface area contributed by atoms with E-state index < -0.39 is 43.3 Å². The van der Waals surface area contributed by atoms with Gasteiger partial charge >= 0.3 is 0 Å². The van der Waals surface area contributed by atoms with Gasteiger partial charge in [-0.15, -0.1) is 0 Å². The van der Waals surface area contributed by atoms with E-state index >= 15 is 4.39 Å². The number of benzene rings is 1. The van der Waals surface area contributed by atoms with Crippen LogP contribution in [-0.4, -0.2) is 50.5 Å². The molecule has 6 nitrogen and oxygen atoms in total. The van der Waals surface area contributed by atoms with Crippen molar-refractivity contribution in [2.45, 2.75) is 37.1 Å². The molecule has 3 heterocycles. The third-order valence-corrected chi connectivity index (χ3v) is 8.95. The second kappa shape index (κ2) is 8.02. The second-order valence-corrected chi connectivity index (χ2v) is 11.4. The van der Waals surface area contributed by atoms with Crippen molar-refractivity contribution >= 4 is 33.1 Å². The number of nitrogens with zero attached hydrogens (tertiary/aromatic N) is 3. The molecule has 3 fully saturated rings. The predicted octanol–water partition coefficient (Wildman–Crippen LogP) is 4.26. The van der Waals surface area contributed by atoms with Crippen molar-refractivity contribution < 1.29 is 21.6 Å². The van der Waals surface area contributed by atoms with Gasteiger partial charge in [0, 0.05) is 43.7 Å². The molecule has 1 aromatic carbocycles. The highest BCUT2D eigenvalue weighted by Gasteiger charge is 2.54. The number of nitrogens with one attached hydrogen (secondary N) is 1. The molecule has 1 saturated carbocycles. The Kier molecular flexibility index (Phi) is 5.53. The van der Waals surface area contributed by atoms with Gasteiger partial charge in [0.15, 0.2) is 10.7 Å². The Balaban J connectivity index is 1.40. The number of likely N-dealkylation sites (tertiary alicyclic amines) is 1. The van der Waals surface area contributed by atoms with E-state index in [-0.39, 0.29) is 11.1 Å². The summed E-state index contributed by atoms with van der Waals surface area (Å²) in [6, 6.07) is 4.85. The monoisotopic (exact) mass is 500 g/mol. The van der Waals surface area contributed by atoms with Crippen LogP contribution in [0.25, 0.3) is 0 Å². The summed E-state index contributed by atoms with van der Waals surface area (Å²) in [4.78, 5) is 6.49. The fourth-order valence-electron chi connectivity index (χ4n) is 5.53. The van der Waals surface area contributed by atoms with Gasteiger partial charge in [0.2, 0.25) is 5.95 Å². The highest BCUT2D eigenvalue weighted by atomic mass is 35.5. The van der Waals surface area contributed by atoms with Crippen molar-refractivity contribution in [3.63, 3.8) is 0 Å². The maximum atomic E-state index is 15.1. The Labute approximate surface area is 195 Å². The van der Waals surface area contributed by atoms with Crippen LogP contribution in [0.15, 0.2) is 29.2 Å². The van der Waals surface area contributed by atoms with Gasteiger partial charge in [-0.25, -0.2) is 22.2 Å². The zero-order chi connectivity index (χ0) is 23.5. The molecular formula is C22H24ClF3N4O2S. The van der Waals surface area contributed by atoms with E-state index in [1.807, 2.05) is 9.62 Å². The topological polar surface area (TPSA) is 65.5 Å². The maximum absolute atomic E-state index is 15.1. The first-order valence-electron chi connectivity index (χ1n) is 10.9. The minimum Gasteiger partial charge on any atom is -0.370 e. The number of rotatable bonds is 5. The van der Waals surface area contributed by atoms with E-state index in [0.29, 0.717) is 25.0 Å². The van der Waals surface area contributed by atoms with Crippen LogP contribution in [0.3, 0.4) is 0 Å². The largest absolute Gasteiger partial charge is 0.370 e. The maximum Gasteiger partial charge on any atom is 0.268 e. The van der Waals surface area contributed by atoms with Crippen LogP contribution in [0.5, 0.6) is 0 Å². The summed E-state index contributed by atoms with van der Waals surface area (Å²) in [5.74, 6) is -3.28. The average molecular weight is 501 g/mol. The van der Waals surface area contributed by atoms with E-state index in [0.717, 1.165) is 44.5 Å². The lowest BCUT2D eigenvalue weighted by Crippen LogP contribution is -2.62. The molecule has 1 aliphatic carbocycles. The van der Waals surface area contributed by atoms with E-state index in [4.69, 9.17) is 11.6 Å². The normalized spacial score (nSPS) is 25.8. The molecule has 33 heavy (non-hydrogen) atoms. The van der Waals surface area contributed by atoms with Gasteiger partial charge in [-0.3, -0.25) is 9.62 Å². The van der Waals surface area contributed by atoms with Crippen LogP contribution >= 0.6 is 11.6 Å². The van der Waals surface area contributed by atoms with E-state index in [9.17, 15) is 17.2 Å². The standard InChI is InChI=1S/C22H24ClF3N4O2S/c1-13-10-30(11-13)16-5-6-22(16)7-8-29(12-22)15-9-14(24)21(20(26)19(15)23)33(31,32)28-18-4-2-3-17(25)27-18/h2-4,9,13,16H,5-8,10-12H2,1H3,(H,27,28)/t16-,22+/m1/s1. The predicted molar refractivity (Wildman–Crippen MR) is 119 cm³/mol. The lowest BCUT2D eigenvalue weighted by molar-refractivity contribution is -0.0650. The fraction of sp³-hybridized carbons (Fsp3) is 0.500. The SMILES string of the molecule is CC1CN([C@@H]2CC[C@@]23CCN(c2cc(F)c(S(=O)(=O)Nc4cccc(F)n4)c(F)c2Cl)C3)C1. The molecule has 178 valence electrons. The molecule has 2 saturated heterocycles. The van der Waals surface area contributed by atoms with Crippen molar-refractivity contribution in [2.24, 2.45) is 11.3 Å². The molecule has 3 aliphatic rings. The summed E-state index contributed by atoms with van der Waals surface area (Å²) in [7, 11) is -4.73. The van der Waals surface area contributed by atoms with E-state index in [1.165, 1.54) is 12.1 Å². The second-order valence-electron chi connectivity index (χ2n) is 9.43. The quantitative estimate of drug-likeness (QED) is 0.491. The molecule has 0 amide bonds. The highest BCUT2D eigenvalue weighted by molar-refractivity contribution is 7.92. The van der Waals surface area contributed by atoms with Crippen molar-refractivity contribution in [2.75, 3.05) is 35.8 Å². The molecule has 2 aromatic rings. The molecule has 11 heteroatoms. The summed E-state index contributed by atoms with van der Waals surface area (Å²) < 4.78 is 70.6. The van der Waals surface area contributed by atoms with E-state index in [2.05, 4.69) is 16.8 Å². The van der Waals surface area contributed by atoms with Gasteiger partial charge in [-0.1, -0.05) is 24.6 Å². The average Bonchev–Trinajstić information content (AvgIpc) is 3.16. The Bertz CT molecular complexity index is 1210. The zero-order valence-corrected chi connectivity index (χ0v) is 19.6. The van der Waals surface area contributed by atoms with Crippen LogP contribution in [0.2, 0.25) is 5.02 Å². The van der Waals surface area contributed by atoms with Gasteiger partial charge < -0.3 is 4.90 Å². The summed E-state index contributed by atoms with van der Waals surface area (Å²) >= 11 is 6.23. The molecule has 1 spiro atoms. The first-order valence-corrected chi connectivity index (χ1v) is 12.8. The molecular weight excluding hydrogens is 477 g/mol. The smallest absolute Gasteiger partial charge is 0.268 e. The van der Waals surface area contributed by atoms with E-state index in [1.54, 1.807) is 0 Å². The van der Waals surface area contributed by atoms with Gasteiger partial charge in [0.05, 0.1) is 5.69 Å². The van der Waals surface area contributed by atoms with Crippen molar-refractivity contribution in [3.8, 4) is 0 Å². The fourth-order valence-corrected chi connectivity index (χ4v) is 7.00. The number of anilines is 2. The van der Waals surface area contributed by atoms with Gasteiger partial charge in [0.25, 0.3) is 10.0 Å². The Hall–Kier alpha value is -2.04. The molecule has 1 aromatic heterocycles. The van der Waals surface area contributed by atoms with Crippen LogP contribution in [0.1, 0.15) is 26.2 Å². The molecule has 1 N–H and O–H groups in total. The van der Waals surface area contributed by atoms with Crippen LogP contribution in [0, 0.1) is 28.9 Å². The number of hydrogen-bond acceptors (Lipinski definition) is 5. The summed E-state index contributed by atoms with van der Waals surface area (Å²) in [6.07, 6.45) is 3.07. The van der Waals surface area contributed by atoms with Crippen molar-refractivity contribution in [1.29, 1.82) is 0 Å². The first kappa shape index (κ1) is 22.7. The molecule has 0 bridgehead atoms. The Morgan fingerprint density at radius 3 is 2.61 bits per heavy atom. The van der Waals surface area contributed by atoms with Crippen LogP contribution in [-0.2, 0) is 10.0 Å². The zero-order valence-electron chi connectivity index (χ0n) is 18.0. The number of halogens is 4. The Morgan fingerprint density at radius 2 is 1.97 bits per heavy atom. The third kappa shape index (κ3) is 3.85. The minimum atomic E-state index is -4.73. The lowest BCUT2D eigenvalue weighted by Gasteiger charge is -2.57. The highest BCUT2D eigenvalue weighted by Crippen LogP contribution is 2.53. The first-order chi connectivity index (χ1) is 15.6. The van der Waals surface area contributed by atoms with Gasteiger partial charge in [-0.2, -0.15) is 4.39 Å². The van der Waals surface area contributed by atoms with Crippen LogP contribution < -0.4 is 9.62 Å². The summed E-state index contributed by atoms with van der Waals surface area (Å²) in [5.41, 5.74) is 0.222. The molecule has 5 rings (SSSR count). The molecule has 0 radical (unpaired) electrons. The Morgan fingerprint density at radius 1 is 1.21 bits per heavy atom. The number of sulfonamides is 1. The minimum absolute atomic E-state index is 0.0752. The van der Waals surface area contributed by atoms with Crippen LogP contribution in [0.4, 0.5) is 24.7 Å². The van der Waals surface area contributed by atoms with Gasteiger partial charge in [-0.05, 0) is 37.3 Å². The summed E-state index contributed by atoms with van der Waals surface area (Å²) in [5, 5.41) is -0.450.